The zero-order valence-corrected chi connectivity index (χ0v) is 16.8. The van der Waals surface area contributed by atoms with Crippen molar-refractivity contribution in [3.63, 3.8) is 0 Å². The van der Waals surface area contributed by atoms with Gasteiger partial charge < -0.3 is 14.6 Å². The molecule has 0 saturated heterocycles. The number of allylic oxidation sites excluding steroid dienone is 1. The molecule has 2 amide bonds. The fraction of sp³-hybridized carbons (Fsp3) is 0.227. The van der Waals surface area contributed by atoms with E-state index in [2.05, 4.69) is 15.5 Å². The lowest BCUT2D eigenvalue weighted by Gasteiger charge is -2.34. The summed E-state index contributed by atoms with van der Waals surface area (Å²) < 4.78 is 24.6. The number of rotatable bonds is 5. The van der Waals surface area contributed by atoms with Gasteiger partial charge in [-0.3, -0.25) is 4.90 Å². The van der Waals surface area contributed by atoms with Gasteiger partial charge in [-0.05, 0) is 55.8 Å². The molecule has 2 aromatic carbocycles. The first kappa shape index (κ1) is 19.6. The highest BCUT2D eigenvalue weighted by Gasteiger charge is 2.35. The molecule has 1 N–H and O–H groups in total. The lowest BCUT2D eigenvalue weighted by molar-refractivity contribution is 0.207. The molecular formula is C22H21FN4O3. The molecule has 1 atom stereocenters. The number of hydrogen-bond acceptors (Lipinski definition) is 5. The van der Waals surface area contributed by atoms with Gasteiger partial charge in [0, 0.05) is 17.8 Å². The van der Waals surface area contributed by atoms with E-state index in [1.165, 1.54) is 12.1 Å². The molecule has 0 radical (unpaired) electrons. The molecule has 8 heteroatoms. The van der Waals surface area contributed by atoms with Gasteiger partial charge in [0.25, 0.3) is 5.89 Å². The normalized spacial score (nSPS) is 16.6. The van der Waals surface area contributed by atoms with Gasteiger partial charge in [0.2, 0.25) is 5.82 Å². The van der Waals surface area contributed by atoms with Crippen LogP contribution in [0.4, 0.5) is 9.18 Å². The van der Waals surface area contributed by atoms with Crippen LogP contribution in [0.15, 0.2) is 58.8 Å². The Bertz CT molecular complexity index is 1110. The molecule has 4 rings (SSSR count). The van der Waals surface area contributed by atoms with Gasteiger partial charge in [-0.2, -0.15) is 4.98 Å². The maximum atomic E-state index is 13.9. The number of ether oxygens (including phenoxy) is 1. The van der Waals surface area contributed by atoms with Crippen LogP contribution in [0.25, 0.3) is 17.0 Å². The maximum absolute atomic E-state index is 13.9. The Labute approximate surface area is 173 Å². The Balaban J connectivity index is 1.79. The van der Waals surface area contributed by atoms with E-state index in [1.807, 2.05) is 38.1 Å². The van der Waals surface area contributed by atoms with Crippen LogP contribution < -0.4 is 10.1 Å². The molecule has 1 unspecified atom stereocenters. The van der Waals surface area contributed by atoms with Crippen LogP contribution >= 0.6 is 0 Å². The average molecular weight is 408 g/mol. The van der Waals surface area contributed by atoms with Gasteiger partial charge >= 0.3 is 6.03 Å². The van der Waals surface area contributed by atoms with Gasteiger partial charge in [-0.15, -0.1) is 0 Å². The zero-order valence-electron chi connectivity index (χ0n) is 16.8. The Kier molecular flexibility index (Phi) is 5.22. The van der Waals surface area contributed by atoms with Crippen molar-refractivity contribution in [1.29, 1.82) is 0 Å². The molecule has 7 nitrogen and oxygen atoms in total. The molecule has 1 aliphatic rings. The lowest BCUT2D eigenvalue weighted by Crippen LogP contribution is -2.45. The van der Waals surface area contributed by atoms with Crippen LogP contribution in [0, 0.1) is 5.82 Å². The van der Waals surface area contributed by atoms with Crippen molar-refractivity contribution >= 4 is 11.6 Å². The highest BCUT2D eigenvalue weighted by atomic mass is 19.1. The molecule has 0 spiro atoms. The first-order valence-electron chi connectivity index (χ1n) is 9.54. The molecule has 3 aromatic rings. The monoisotopic (exact) mass is 408 g/mol. The summed E-state index contributed by atoms with van der Waals surface area (Å²) >= 11 is 0. The second-order valence-electron chi connectivity index (χ2n) is 6.83. The Morgan fingerprint density at radius 3 is 2.67 bits per heavy atom. The SMILES string of the molecule is CCN1C(=O)NC(c2cccc(F)c2)C(c2nc(-c3ccc(OC)cc3)no2)=C1C. The van der Waals surface area contributed by atoms with E-state index >= 15 is 0 Å². The molecule has 1 aromatic heterocycles. The van der Waals surface area contributed by atoms with Crippen molar-refractivity contribution in [2.75, 3.05) is 13.7 Å². The molecule has 0 saturated carbocycles. The van der Waals surface area contributed by atoms with Gasteiger partial charge in [0.1, 0.15) is 11.6 Å². The van der Waals surface area contributed by atoms with Gasteiger partial charge in [0.15, 0.2) is 0 Å². The number of nitrogens with one attached hydrogen (secondary N) is 1. The van der Waals surface area contributed by atoms with Crippen LogP contribution in [0.1, 0.15) is 31.3 Å². The number of nitrogens with zero attached hydrogens (tertiary/aromatic N) is 3. The highest BCUT2D eigenvalue weighted by molar-refractivity contribution is 5.86. The predicted octanol–water partition coefficient (Wildman–Crippen LogP) is 4.40. The fourth-order valence-electron chi connectivity index (χ4n) is 3.57. The first-order valence-corrected chi connectivity index (χ1v) is 9.54. The van der Waals surface area contributed by atoms with Crippen LogP contribution in [0.3, 0.4) is 0 Å². The number of hydrogen-bond donors (Lipinski definition) is 1. The third-order valence-electron chi connectivity index (χ3n) is 5.10. The molecule has 154 valence electrons. The number of halogens is 1. The van der Waals surface area contributed by atoms with Crippen molar-refractivity contribution in [3.05, 3.63) is 71.5 Å². The number of carbonyl (C=O) groups excluding carboxylic acids is 1. The van der Waals surface area contributed by atoms with Crippen molar-refractivity contribution in [1.82, 2.24) is 20.4 Å². The van der Waals surface area contributed by atoms with E-state index in [1.54, 1.807) is 24.1 Å². The van der Waals surface area contributed by atoms with E-state index in [0.717, 1.165) is 11.3 Å². The number of carbonyl (C=O) groups is 1. The fourth-order valence-corrected chi connectivity index (χ4v) is 3.57. The van der Waals surface area contributed by atoms with Crippen molar-refractivity contribution in [2.24, 2.45) is 0 Å². The zero-order chi connectivity index (χ0) is 21.3. The smallest absolute Gasteiger partial charge is 0.322 e. The molecule has 30 heavy (non-hydrogen) atoms. The summed E-state index contributed by atoms with van der Waals surface area (Å²) in [4.78, 5) is 18.7. The summed E-state index contributed by atoms with van der Waals surface area (Å²) in [5.74, 6) is 1.01. The summed E-state index contributed by atoms with van der Waals surface area (Å²) in [5.41, 5.74) is 2.67. The molecule has 0 aliphatic carbocycles. The number of benzene rings is 2. The van der Waals surface area contributed by atoms with E-state index in [9.17, 15) is 9.18 Å². The Morgan fingerprint density at radius 2 is 2.00 bits per heavy atom. The third kappa shape index (κ3) is 3.52. The lowest BCUT2D eigenvalue weighted by atomic mass is 9.94. The molecule has 0 fully saturated rings. The minimum Gasteiger partial charge on any atom is -0.497 e. The Morgan fingerprint density at radius 1 is 1.23 bits per heavy atom. The molecule has 2 heterocycles. The summed E-state index contributed by atoms with van der Waals surface area (Å²) in [6, 6.07) is 12.5. The summed E-state index contributed by atoms with van der Waals surface area (Å²) in [5, 5.41) is 7.02. The third-order valence-corrected chi connectivity index (χ3v) is 5.10. The summed E-state index contributed by atoms with van der Waals surface area (Å²) in [6.45, 7) is 4.16. The van der Waals surface area contributed by atoms with E-state index < -0.39 is 6.04 Å². The molecule has 1 aliphatic heterocycles. The minimum atomic E-state index is -0.611. The topological polar surface area (TPSA) is 80.5 Å². The van der Waals surface area contributed by atoms with E-state index in [0.29, 0.717) is 29.2 Å². The average Bonchev–Trinajstić information content (AvgIpc) is 3.23. The second-order valence-corrected chi connectivity index (χ2v) is 6.83. The van der Waals surface area contributed by atoms with Crippen LogP contribution in [0.5, 0.6) is 5.75 Å². The van der Waals surface area contributed by atoms with Crippen LogP contribution in [0.2, 0.25) is 0 Å². The standard InChI is InChI=1S/C22H21FN4O3/c1-4-27-13(2)18(19(24-22(27)28)15-6-5-7-16(23)12-15)21-25-20(26-30-21)14-8-10-17(29-3)11-9-14/h5-12,19H,4H2,1-3H3,(H,24,28). The predicted molar refractivity (Wildman–Crippen MR) is 109 cm³/mol. The Hall–Kier alpha value is -3.68. The van der Waals surface area contributed by atoms with E-state index in [-0.39, 0.29) is 17.7 Å². The van der Waals surface area contributed by atoms with Gasteiger partial charge in [-0.25, -0.2) is 9.18 Å². The molecular weight excluding hydrogens is 387 g/mol. The highest BCUT2D eigenvalue weighted by Crippen LogP contribution is 2.37. The number of aromatic nitrogens is 2. The number of amides is 2. The number of urea groups is 1. The largest absolute Gasteiger partial charge is 0.497 e. The van der Waals surface area contributed by atoms with Crippen molar-refractivity contribution in [2.45, 2.75) is 19.9 Å². The maximum Gasteiger partial charge on any atom is 0.322 e. The number of methoxy groups -OCH3 is 1. The second kappa shape index (κ2) is 7.98. The van der Waals surface area contributed by atoms with Crippen LogP contribution in [-0.2, 0) is 0 Å². The van der Waals surface area contributed by atoms with Crippen molar-refractivity contribution in [3.8, 4) is 17.1 Å². The molecule has 0 bridgehead atoms. The minimum absolute atomic E-state index is 0.261. The first-order chi connectivity index (χ1) is 14.5. The van der Waals surface area contributed by atoms with Gasteiger partial charge in [-0.1, -0.05) is 17.3 Å². The summed E-state index contributed by atoms with van der Waals surface area (Å²) in [6.07, 6.45) is 0. The summed E-state index contributed by atoms with van der Waals surface area (Å²) in [7, 11) is 1.60. The van der Waals surface area contributed by atoms with Crippen LogP contribution in [-0.4, -0.2) is 34.7 Å². The van der Waals surface area contributed by atoms with Gasteiger partial charge in [0.05, 0.1) is 18.7 Å². The van der Waals surface area contributed by atoms with Crippen molar-refractivity contribution < 1.29 is 18.4 Å². The quantitative estimate of drug-likeness (QED) is 0.677. The van der Waals surface area contributed by atoms with E-state index in [4.69, 9.17) is 9.26 Å².